The molecule has 8 rings (SSSR count). The highest BCUT2D eigenvalue weighted by Crippen LogP contribution is 2.56. The van der Waals surface area contributed by atoms with Gasteiger partial charge in [0.1, 0.15) is 42.5 Å². The molecule has 248 valence electrons. The van der Waals surface area contributed by atoms with Gasteiger partial charge in [-0.15, -0.1) is 0 Å². The summed E-state index contributed by atoms with van der Waals surface area (Å²) in [6, 6.07) is 41.7. The van der Waals surface area contributed by atoms with Crippen LogP contribution in [0.5, 0.6) is 11.5 Å². The molecule has 1 aliphatic heterocycles. The maximum Gasteiger partial charge on any atom is 0.229 e. The molecule has 0 spiro atoms. The van der Waals surface area contributed by atoms with Crippen molar-refractivity contribution < 1.29 is 39.7 Å². The molecule has 5 N–H and O–H groups in total. The average Bonchev–Trinajstić information content (AvgIpc) is 3.45. The number of aliphatic hydroxyl groups is 5. The van der Waals surface area contributed by atoms with Crippen LogP contribution >= 0.6 is 0 Å². The van der Waals surface area contributed by atoms with Gasteiger partial charge in [0.15, 0.2) is 0 Å². The molecule has 0 aromatic heterocycles. The van der Waals surface area contributed by atoms with Crippen LogP contribution in [0.2, 0.25) is 0 Å². The lowest BCUT2D eigenvalue weighted by Crippen LogP contribution is -2.60. The summed E-state index contributed by atoms with van der Waals surface area (Å²) in [6.45, 7) is -0.336. The van der Waals surface area contributed by atoms with E-state index in [2.05, 4.69) is 91.0 Å². The van der Waals surface area contributed by atoms with Crippen molar-refractivity contribution >= 4 is 21.5 Å². The van der Waals surface area contributed by atoms with Gasteiger partial charge in [-0.1, -0.05) is 84.9 Å². The third kappa shape index (κ3) is 5.16. The van der Waals surface area contributed by atoms with Gasteiger partial charge in [-0.2, -0.15) is 0 Å². The van der Waals surface area contributed by atoms with Gasteiger partial charge in [0.2, 0.25) is 6.29 Å². The average molecular weight is 657 g/mol. The van der Waals surface area contributed by atoms with Gasteiger partial charge in [0.05, 0.1) is 18.6 Å². The minimum Gasteiger partial charge on any atom is -0.491 e. The second kappa shape index (κ2) is 12.6. The van der Waals surface area contributed by atoms with Gasteiger partial charge in [0, 0.05) is 0 Å². The van der Waals surface area contributed by atoms with Crippen molar-refractivity contribution in [2.45, 2.75) is 36.1 Å². The molecular weight excluding hydrogens is 620 g/mol. The zero-order chi connectivity index (χ0) is 33.7. The number of hydrogen-bond acceptors (Lipinski definition) is 8. The molecule has 6 aromatic carbocycles. The summed E-state index contributed by atoms with van der Waals surface area (Å²) in [7, 11) is 0. The monoisotopic (exact) mass is 656 g/mol. The molecule has 49 heavy (non-hydrogen) atoms. The van der Waals surface area contributed by atoms with Crippen molar-refractivity contribution in [1.29, 1.82) is 0 Å². The van der Waals surface area contributed by atoms with Crippen LogP contribution in [0.4, 0.5) is 0 Å². The minimum absolute atomic E-state index is 0.0450. The lowest BCUT2D eigenvalue weighted by atomic mass is 9.67. The molecule has 1 heterocycles. The van der Waals surface area contributed by atoms with Gasteiger partial charge in [0.25, 0.3) is 0 Å². The van der Waals surface area contributed by atoms with E-state index < -0.39 is 42.7 Å². The van der Waals surface area contributed by atoms with E-state index in [0.29, 0.717) is 11.5 Å². The predicted molar refractivity (Wildman–Crippen MR) is 186 cm³/mol. The topological polar surface area (TPSA) is 129 Å². The van der Waals surface area contributed by atoms with E-state index in [1.165, 1.54) is 22.3 Å². The Morgan fingerprint density at radius 3 is 1.69 bits per heavy atom. The number of aliphatic hydroxyl groups excluding tert-OH is 5. The number of ether oxygens (including phenoxy) is 3. The molecule has 0 amide bonds. The first-order valence-corrected chi connectivity index (χ1v) is 16.4. The Labute approximate surface area is 283 Å². The fourth-order valence-corrected chi connectivity index (χ4v) is 7.56. The smallest absolute Gasteiger partial charge is 0.229 e. The van der Waals surface area contributed by atoms with Crippen molar-refractivity contribution in [2.24, 2.45) is 0 Å². The molecule has 0 radical (unpaired) electrons. The zero-order valence-corrected chi connectivity index (χ0v) is 26.5. The molecule has 2 aliphatic rings. The van der Waals surface area contributed by atoms with Crippen molar-refractivity contribution in [3.63, 3.8) is 0 Å². The highest BCUT2D eigenvalue weighted by molar-refractivity contribution is 5.92. The van der Waals surface area contributed by atoms with Crippen LogP contribution in [0.1, 0.15) is 22.3 Å². The third-order valence-corrected chi connectivity index (χ3v) is 9.90. The molecule has 8 nitrogen and oxygen atoms in total. The van der Waals surface area contributed by atoms with Crippen LogP contribution in [-0.4, -0.2) is 76.1 Å². The van der Waals surface area contributed by atoms with Gasteiger partial charge in [-0.25, -0.2) is 0 Å². The number of benzene rings is 6. The number of fused-ring (bicyclic) bond motifs is 5. The van der Waals surface area contributed by atoms with E-state index in [0.717, 1.165) is 32.7 Å². The summed E-state index contributed by atoms with van der Waals surface area (Å²) < 4.78 is 17.2. The van der Waals surface area contributed by atoms with Crippen LogP contribution in [0.3, 0.4) is 0 Å². The molecule has 1 saturated heterocycles. The van der Waals surface area contributed by atoms with Crippen molar-refractivity contribution in [1.82, 2.24) is 0 Å². The molecule has 1 unspecified atom stereocenters. The molecule has 5 atom stereocenters. The highest BCUT2D eigenvalue weighted by atomic mass is 16.7. The summed E-state index contributed by atoms with van der Waals surface area (Å²) in [6.07, 6.45) is -6.81. The van der Waals surface area contributed by atoms with E-state index in [4.69, 9.17) is 14.2 Å². The number of rotatable bonds is 8. The first-order chi connectivity index (χ1) is 23.9. The van der Waals surface area contributed by atoms with Crippen molar-refractivity contribution in [3.05, 3.63) is 144 Å². The molecule has 1 aliphatic carbocycles. The quantitative estimate of drug-likeness (QED) is 0.156. The number of hydrogen-bond donors (Lipinski definition) is 5. The molecule has 6 aromatic rings. The van der Waals surface area contributed by atoms with Gasteiger partial charge < -0.3 is 39.7 Å². The Kier molecular flexibility index (Phi) is 8.08. The second-order valence-electron chi connectivity index (χ2n) is 12.7. The largest absolute Gasteiger partial charge is 0.491 e. The summed E-state index contributed by atoms with van der Waals surface area (Å²) in [5.41, 5.74) is 6.38. The van der Waals surface area contributed by atoms with Crippen LogP contribution < -0.4 is 9.47 Å². The standard InChI is InChI=1S/C41H36O8/c42-17-18-47-30-15-11-24-19-28(13-9-26(24)21-30)41(34-7-3-1-5-32(34)33-6-2-4-8-35(33)41)29-14-10-27-22-31(16-12-25(27)20-29)48-40-39(46)38(45)37(44)36(23-43)49-40/h1-16,19-22,36-40,42-46H,17-18,23H2/t36-,37-,38+,39-,40?/m1/s1. The van der Waals surface area contributed by atoms with Crippen LogP contribution in [0.15, 0.2) is 121 Å². The fourth-order valence-electron chi connectivity index (χ4n) is 7.56. The van der Waals surface area contributed by atoms with E-state index >= 15 is 0 Å². The molecule has 8 heteroatoms. The van der Waals surface area contributed by atoms with E-state index in [9.17, 15) is 25.5 Å². The predicted octanol–water partition coefficient (Wildman–Crippen LogP) is 4.91. The summed E-state index contributed by atoms with van der Waals surface area (Å²) in [5.74, 6) is 1.12. The molecule has 0 bridgehead atoms. The van der Waals surface area contributed by atoms with Crippen LogP contribution in [0, 0.1) is 0 Å². The van der Waals surface area contributed by atoms with E-state index in [1.807, 2.05) is 24.3 Å². The van der Waals surface area contributed by atoms with Gasteiger partial charge in [-0.3, -0.25) is 0 Å². The molecule has 0 saturated carbocycles. The lowest BCUT2D eigenvalue weighted by molar-refractivity contribution is -0.277. The second-order valence-corrected chi connectivity index (χ2v) is 12.7. The van der Waals surface area contributed by atoms with Gasteiger partial charge in [-0.05, 0) is 91.3 Å². The Bertz CT molecular complexity index is 2110. The first kappa shape index (κ1) is 31.5. The molecular formula is C41H36O8. The maximum absolute atomic E-state index is 10.5. The Hall–Kier alpha value is -4.80. The zero-order valence-electron chi connectivity index (χ0n) is 26.5. The Balaban J connectivity index is 1.24. The Morgan fingerprint density at radius 1 is 0.571 bits per heavy atom. The van der Waals surface area contributed by atoms with Crippen LogP contribution in [-0.2, 0) is 10.2 Å². The normalized spacial score (nSPS) is 22.5. The Morgan fingerprint density at radius 2 is 1.10 bits per heavy atom. The van der Waals surface area contributed by atoms with Crippen molar-refractivity contribution in [2.75, 3.05) is 19.8 Å². The highest BCUT2D eigenvalue weighted by Gasteiger charge is 2.47. The summed E-state index contributed by atoms with van der Waals surface area (Å²) in [4.78, 5) is 0. The van der Waals surface area contributed by atoms with Crippen molar-refractivity contribution in [3.8, 4) is 22.6 Å². The third-order valence-electron chi connectivity index (χ3n) is 9.90. The SMILES string of the molecule is OCCOc1ccc2cc(C3(c4ccc5cc(OC6O[C@H](CO)[C@@H](O)[C@H](O)[C@H]6O)ccc5c4)c4ccccc4-c4ccccc43)ccc2c1. The first-order valence-electron chi connectivity index (χ1n) is 16.4. The fraction of sp³-hybridized carbons (Fsp3) is 0.220. The summed E-state index contributed by atoms with van der Waals surface area (Å²) >= 11 is 0. The lowest BCUT2D eigenvalue weighted by Gasteiger charge is -2.39. The maximum atomic E-state index is 10.5. The van der Waals surface area contributed by atoms with E-state index in [1.54, 1.807) is 6.07 Å². The van der Waals surface area contributed by atoms with E-state index in [-0.39, 0.29) is 13.2 Å². The van der Waals surface area contributed by atoms with Gasteiger partial charge >= 0.3 is 0 Å². The van der Waals surface area contributed by atoms with Crippen LogP contribution in [0.25, 0.3) is 32.7 Å². The summed E-state index contributed by atoms with van der Waals surface area (Å²) in [5, 5.41) is 53.7. The molecule has 1 fully saturated rings. The minimum atomic E-state index is -1.52.